The average Bonchev–Trinajstić information content (AvgIpc) is 3.38. The summed E-state index contributed by atoms with van der Waals surface area (Å²) in [6, 6.07) is 10.8. The number of alkyl halides is 2. The molecule has 0 bridgehead atoms. The first-order valence-corrected chi connectivity index (χ1v) is 13.7. The third-order valence-electron chi connectivity index (χ3n) is 4.23. The van der Waals surface area contributed by atoms with Crippen LogP contribution in [0.1, 0.15) is 22.7 Å². The molecule has 0 amide bonds. The Morgan fingerprint density at radius 1 is 0.735 bits per heavy atom. The molecule has 2 aromatic carbocycles. The van der Waals surface area contributed by atoms with Gasteiger partial charge in [0, 0.05) is 11.1 Å². The van der Waals surface area contributed by atoms with Crippen molar-refractivity contribution in [3.05, 3.63) is 77.8 Å². The fourth-order valence-electron chi connectivity index (χ4n) is 2.70. The first-order chi connectivity index (χ1) is 16.2. The maximum absolute atomic E-state index is 14.6. The second-order valence-electron chi connectivity index (χ2n) is 6.48. The first-order valence-electron chi connectivity index (χ1n) is 9.21. The quantitative estimate of drug-likeness (QED) is 0.140. The van der Waals surface area contributed by atoms with E-state index in [-0.39, 0.29) is 10.0 Å². The molecule has 0 aliphatic carbocycles. The molecule has 0 saturated heterocycles. The van der Waals surface area contributed by atoms with E-state index in [0.29, 0.717) is 30.1 Å². The summed E-state index contributed by atoms with van der Waals surface area (Å²) in [6.07, 6.45) is -4.49. The van der Waals surface area contributed by atoms with Crippen LogP contribution in [0.5, 0.6) is 0 Å². The number of halogens is 6. The van der Waals surface area contributed by atoms with Gasteiger partial charge in [0.2, 0.25) is 0 Å². The van der Waals surface area contributed by atoms with Crippen LogP contribution in [0.4, 0.5) is 17.6 Å². The van der Waals surface area contributed by atoms with Gasteiger partial charge in [0.25, 0.3) is 12.7 Å². The largest absolute Gasteiger partial charge is 0.324 e. The number of benzene rings is 2. The van der Waals surface area contributed by atoms with Crippen molar-refractivity contribution in [3.63, 3.8) is 0 Å². The lowest BCUT2D eigenvalue weighted by Gasteiger charge is -2.09. The third-order valence-corrected chi connectivity index (χ3v) is 8.47. The Balaban J connectivity index is 1.41. The highest BCUT2D eigenvalue weighted by atomic mass is 79.9. The number of thiazole rings is 2. The molecule has 0 spiro atoms. The van der Waals surface area contributed by atoms with Crippen LogP contribution in [-0.4, -0.2) is 9.97 Å². The van der Waals surface area contributed by atoms with Gasteiger partial charge >= 0.3 is 8.25 Å². The van der Waals surface area contributed by atoms with Gasteiger partial charge in [0.15, 0.2) is 10.0 Å². The van der Waals surface area contributed by atoms with Crippen LogP contribution < -0.4 is 0 Å². The Kier molecular flexibility index (Phi) is 8.34. The number of hydrogen-bond acceptors (Lipinski definition) is 7. The summed E-state index contributed by atoms with van der Waals surface area (Å²) in [4.78, 5) is 8.18. The van der Waals surface area contributed by atoms with Crippen molar-refractivity contribution in [1.82, 2.24) is 9.97 Å². The molecule has 0 fully saturated rings. The molecule has 0 aliphatic heterocycles. The summed E-state index contributed by atoms with van der Waals surface area (Å²) in [7, 11) is -3.62. The zero-order chi connectivity index (χ0) is 24.4. The zero-order valence-corrected chi connectivity index (χ0v) is 22.3. The van der Waals surface area contributed by atoms with E-state index in [4.69, 9.17) is 9.05 Å². The van der Waals surface area contributed by atoms with Gasteiger partial charge in [-0.2, -0.15) is 0 Å². The normalized spacial score (nSPS) is 14.2. The van der Waals surface area contributed by atoms with Crippen LogP contribution >= 0.6 is 62.8 Å². The number of nitrogens with zero attached hydrogens (tertiary/aromatic N) is 2. The average molecular weight is 658 g/mol. The van der Waals surface area contributed by atoms with Crippen LogP contribution in [0.15, 0.2) is 56.1 Å². The number of aromatic nitrogens is 2. The molecule has 2 unspecified atom stereocenters. The van der Waals surface area contributed by atoms with Crippen molar-refractivity contribution in [2.24, 2.45) is 0 Å². The molecule has 14 heteroatoms. The van der Waals surface area contributed by atoms with E-state index in [9.17, 15) is 22.1 Å². The highest BCUT2D eigenvalue weighted by Gasteiger charge is 2.26. The minimum absolute atomic E-state index is 0.181. The van der Waals surface area contributed by atoms with E-state index >= 15 is 0 Å². The maximum Gasteiger partial charge on any atom is 0.324 e. The molecule has 178 valence electrons. The molecule has 4 aromatic rings. The van der Waals surface area contributed by atoms with Crippen molar-refractivity contribution in [2.75, 3.05) is 0 Å². The Hall–Kier alpha value is -1.47. The molecule has 2 heterocycles. The summed E-state index contributed by atoms with van der Waals surface area (Å²) >= 11 is 8.27. The second-order valence-corrected chi connectivity index (χ2v) is 12.1. The molecule has 0 aliphatic rings. The molecule has 2 atom stereocenters. The summed E-state index contributed by atoms with van der Waals surface area (Å²) in [6.45, 7) is 0. The van der Waals surface area contributed by atoms with E-state index in [2.05, 4.69) is 41.8 Å². The molecule has 0 radical (unpaired) electrons. The number of hydrogen-bond donors (Lipinski definition) is 0. The van der Waals surface area contributed by atoms with Crippen molar-refractivity contribution in [3.8, 4) is 22.5 Å². The lowest BCUT2D eigenvalue weighted by atomic mass is 10.2. The summed E-state index contributed by atoms with van der Waals surface area (Å²) in [5.41, 5.74) is 1.75. The van der Waals surface area contributed by atoms with E-state index in [0.717, 1.165) is 22.7 Å². The lowest BCUT2D eigenvalue weighted by molar-refractivity contribution is 0.0126. The van der Waals surface area contributed by atoms with Gasteiger partial charge < -0.3 is 0 Å². The minimum Gasteiger partial charge on any atom is -0.268 e. The topological polar surface area (TPSA) is 61.3 Å². The van der Waals surface area contributed by atoms with Crippen LogP contribution in [0.3, 0.4) is 0 Å². The predicted molar refractivity (Wildman–Crippen MR) is 129 cm³/mol. The van der Waals surface area contributed by atoms with Gasteiger partial charge in [-0.1, -0.05) is 0 Å². The van der Waals surface area contributed by atoms with Gasteiger partial charge in [-0.15, -0.1) is 22.7 Å². The molecule has 5 nitrogen and oxygen atoms in total. The van der Waals surface area contributed by atoms with Crippen LogP contribution in [-0.2, 0) is 13.6 Å². The van der Waals surface area contributed by atoms with Gasteiger partial charge in [0.1, 0.15) is 11.6 Å². The van der Waals surface area contributed by atoms with Gasteiger partial charge in [-0.25, -0.2) is 27.5 Å². The van der Waals surface area contributed by atoms with Crippen molar-refractivity contribution in [2.45, 2.75) is 12.7 Å². The van der Waals surface area contributed by atoms with E-state index in [1.807, 2.05) is 0 Å². The molecular weight excluding hydrogens is 647 g/mol. The van der Waals surface area contributed by atoms with E-state index in [1.54, 1.807) is 0 Å². The van der Waals surface area contributed by atoms with Crippen LogP contribution in [0, 0.1) is 11.6 Å². The highest BCUT2D eigenvalue weighted by Crippen LogP contribution is 2.44. The van der Waals surface area contributed by atoms with Gasteiger partial charge in [-0.3, -0.25) is 13.6 Å². The third kappa shape index (κ3) is 6.01. The molecular formula is C20H11Br2F4N2O3PS2. The van der Waals surface area contributed by atoms with Crippen molar-refractivity contribution in [1.29, 1.82) is 0 Å². The van der Waals surface area contributed by atoms with Gasteiger partial charge in [0.05, 0.1) is 19.0 Å². The van der Waals surface area contributed by atoms with Crippen molar-refractivity contribution < 1.29 is 31.2 Å². The zero-order valence-electron chi connectivity index (χ0n) is 16.5. The molecule has 4 rings (SSSR count). The molecule has 0 N–H and O–H groups in total. The SMILES string of the molecule is O=[PH](OC(F)c1nc(-c2ccc(F)cc2)c(Br)s1)OC(F)c1nc(-c2ccc(F)cc2)c(Br)s1. The standard InChI is InChI=1S/C20H11Br2F4N2O3PS2/c21-15-13(9-1-5-11(23)6-2-9)27-19(33-15)17(25)30-32(29)31-18(26)20-28-14(16(22)34-20)10-3-7-12(24)8-4-10/h1-8,17-18,32H. The molecule has 2 aromatic heterocycles. The second kappa shape index (κ2) is 11.1. The Morgan fingerprint density at radius 3 is 1.44 bits per heavy atom. The smallest absolute Gasteiger partial charge is 0.268 e. The van der Waals surface area contributed by atoms with Crippen LogP contribution in [0.25, 0.3) is 22.5 Å². The lowest BCUT2D eigenvalue weighted by Crippen LogP contribution is -1.97. The predicted octanol–water partition coefficient (Wildman–Crippen LogP) is 8.80. The van der Waals surface area contributed by atoms with E-state index in [1.165, 1.54) is 48.5 Å². The van der Waals surface area contributed by atoms with Crippen molar-refractivity contribution >= 4 is 62.8 Å². The van der Waals surface area contributed by atoms with Gasteiger partial charge in [-0.05, 0) is 80.4 Å². The number of rotatable bonds is 8. The monoisotopic (exact) mass is 656 g/mol. The highest BCUT2D eigenvalue weighted by molar-refractivity contribution is 9.11. The summed E-state index contributed by atoms with van der Waals surface area (Å²) < 4.78 is 77.8. The molecule has 0 saturated carbocycles. The molecule has 34 heavy (non-hydrogen) atoms. The Bertz CT molecular complexity index is 1220. The summed E-state index contributed by atoms with van der Waals surface area (Å²) in [5.74, 6) is -0.869. The first kappa shape index (κ1) is 25.6. The fraction of sp³-hybridized carbons (Fsp3) is 0.100. The van der Waals surface area contributed by atoms with E-state index < -0.39 is 32.6 Å². The minimum atomic E-state index is -3.62. The maximum atomic E-state index is 14.6. The fourth-order valence-corrected chi connectivity index (χ4v) is 6.56. The Labute approximate surface area is 216 Å². The summed E-state index contributed by atoms with van der Waals surface area (Å²) in [5, 5.41) is -0.363. The Morgan fingerprint density at radius 2 is 1.09 bits per heavy atom. The van der Waals surface area contributed by atoms with Crippen LogP contribution in [0.2, 0.25) is 0 Å².